The van der Waals surface area contributed by atoms with Gasteiger partial charge in [-0.15, -0.1) is 0 Å². The Morgan fingerprint density at radius 2 is 1.81 bits per heavy atom. The molecule has 0 atom stereocenters. The quantitative estimate of drug-likeness (QED) is 0.615. The van der Waals surface area contributed by atoms with Crippen LogP contribution in [0.25, 0.3) is 5.69 Å². The molecule has 0 radical (unpaired) electrons. The summed E-state index contributed by atoms with van der Waals surface area (Å²) >= 11 is 0. The van der Waals surface area contributed by atoms with Crippen LogP contribution in [0.2, 0.25) is 0 Å². The third kappa shape index (κ3) is 4.70. The van der Waals surface area contributed by atoms with Crippen molar-refractivity contribution in [2.24, 2.45) is 5.14 Å². The SMILES string of the molecule is COc1ccc(NC(=O)c2cnn(-c3ccc(C)cc3)c2C(F)(F)F)cc1S(N)(=O)=O. The summed E-state index contributed by atoms with van der Waals surface area (Å²) in [5.74, 6) is -1.21. The maximum atomic E-state index is 13.8. The van der Waals surface area contributed by atoms with Crippen LogP contribution in [0.4, 0.5) is 18.9 Å². The minimum absolute atomic E-state index is 0.0799. The van der Waals surface area contributed by atoms with Gasteiger partial charge in [0, 0.05) is 5.69 Å². The van der Waals surface area contributed by atoms with E-state index in [2.05, 4.69) is 10.4 Å². The Kier molecular flexibility index (Phi) is 5.79. The van der Waals surface area contributed by atoms with Crippen LogP contribution in [0.1, 0.15) is 21.6 Å². The van der Waals surface area contributed by atoms with Gasteiger partial charge in [0.1, 0.15) is 10.6 Å². The van der Waals surface area contributed by atoms with Crippen LogP contribution >= 0.6 is 0 Å². The summed E-state index contributed by atoms with van der Waals surface area (Å²) in [6, 6.07) is 9.59. The highest BCUT2D eigenvalue weighted by Crippen LogP contribution is 2.34. The zero-order chi connectivity index (χ0) is 23.0. The number of amides is 1. The van der Waals surface area contributed by atoms with E-state index in [0.717, 1.165) is 17.8 Å². The fourth-order valence-electron chi connectivity index (χ4n) is 2.84. The molecule has 0 fully saturated rings. The lowest BCUT2D eigenvalue weighted by Gasteiger charge is -2.14. The predicted molar refractivity (Wildman–Crippen MR) is 106 cm³/mol. The first-order valence-electron chi connectivity index (χ1n) is 8.66. The molecule has 1 amide bonds. The largest absolute Gasteiger partial charge is 0.495 e. The number of sulfonamides is 1. The van der Waals surface area contributed by atoms with Crippen molar-refractivity contribution in [3.63, 3.8) is 0 Å². The molecule has 0 saturated carbocycles. The number of anilines is 1. The fraction of sp³-hybridized carbons (Fsp3) is 0.158. The van der Waals surface area contributed by atoms with Crippen LogP contribution in [0.3, 0.4) is 0 Å². The molecule has 3 aromatic rings. The minimum Gasteiger partial charge on any atom is -0.495 e. The summed E-state index contributed by atoms with van der Waals surface area (Å²) in [5.41, 5.74) is -1.13. The summed E-state index contributed by atoms with van der Waals surface area (Å²) < 4.78 is 70.3. The molecule has 0 aliphatic carbocycles. The van der Waals surface area contributed by atoms with Gasteiger partial charge in [-0.1, -0.05) is 17.7 Å². The molecule has 3 rings (SSSR count). The Hall–Kier alpha value is -3.38. The third-order valence-electron chi connectivity index (χ3n) is 4.29. The highest BCUT2D eigenvalue weighted by Gasteiger charge is 2.40. The fourth-order valence-corrected chi connectivity index (χ4v) is 3.57. The Labute approximate surface area is 175 Å². The van der Waals surface area contributed by atoms with Crippen molar-refractivity contribution in [2.45, 2.75) is 18.0 Å². The van der Waals surface area contributed by atoms with E-state index >= 15 is 0 Å². The third-order valence-corrected chi connectivity index (χ3v) is 5.22. The molecule has 0 saturated heterocycles. The topological polar surface area (TPSA) is 116 Å². The second-order valence-corrected chi connectivity index (χ2v) is 8.05. The number of hydrogen-bond acceptors (Lipinski definition) is 5. The first kappa shape index (κ1) is 22.3. The van der Waals surface area contributed by atoms with E-state index in [4.69, 9.17) is 9.88 Å². The van der Waals surface area contributed by atoms with Crippen molar-refractivity contribution < 1.29 is 31.1 Å². The van der Waals surface area contributed by atoms with Crippen LogP contribution in [-0.2, 0) is 16.2 Å². The normalized spacial score (nSPS) is 11.9. The lowest BCUT2D eigenvalue weighted by Crippen LogP contribution is -2.21. The number of nitrogens with two attached hydrogens (primary N) is 1. The minimum atomic E-state index is -4.89. The lowest BCUT2D eigenvalue weighted by atomic mass is 10.2. The summed E-state index contributed by atoms with van der Waals surface area (Å²) in [6.07, 6.45) is -4.10. The van der Waals surface area contributed by atoms with E-state index in [1.807, 2.05) is 0 Å². The van der Waals surface area contributed by atoms with Gasteiger partial charge >= 0.3 is 6.18 Å². The predicted octanol–water partition coefficient (Wildman–Crippen LogP) is 3.11. The number of aromatic nitrogens is 2. The Morgan fingerprint density at radius 3 is 2.35 bits per heavy atom. The smallest absolute Gasteiger partial charge is 0.434 e. The second kappa shape index (κ2) is 8.04. The molecule has 0 aliphatic heterocycles. The molecule has 2 aromatic carbocycles. The maximum absolute atomic E-state index is 13.8. The number of rotatable bonds is 5. The van der Waals surface area contributed by atoms with E-state index in [9.17, 15) is 26.4 Å². The molecule has 0 aliphatic rings. The number of methoxy groups -OCH3 is 1. The van der Waals surface area contributed by atoms with Gasteiger partial charge in [0.05, 0.1) is 24.6 Å². The van der Waals surface area contributed by atoms with Crippen molar-refractivity contribution in [1.29, 1.82) is 0 Å². The molecule has 0 spiro atoms. The Morgan fingerprint density at radius 1 is 1.16 bits per heavy atom. The van der Waals surface area contributed by atoms with Crippen molar-refractivity contribution in [3.05, 3.63) is 65.5 Å². The lowest BCUT2D eigenvalue weighted by molar-refractivity contribution is -0.143. The molecule has 3 N–H and O–H groups in total. The monoisotopic (exact) mass is 454 g/mol. The first-order chi connectivity index (χ1) is 14.4. The van der Waals surface area contributed by atoms with Gasteiger partial charge in [0.25, 0.3) is 5.91 Å². The standard InChI is InChI=1S/C19H17F3N4O4S/c1-11-3-6-13(7-4-11)26-17(19(20,21)22)14(10-24-26)18(27)25-12-5-8-15(30-2)16(9-12)31(23,28)29/h3-10H,1-2H3,(H,25,27)(H2,23,28,29). The van der Waals surface area contributed by atoms with Gasteiger partial charge in [-0.3, -0.25) is 4.79 Å². The van der Waals surface area contributed by atoms with Gasteiger partial charge in [-0.05, 0) is 37.3 Å². The van der Waals surface area contributed by atoms with E-state index in [0.29, 0.717) is 4.68 Å². The average molecular weight is 454 g/mol. The molecule has 1 heterocycles. The van der Waals surface area contributed by atoms with Gasteiger partial charge in [0.2, 0.25) is 10.0 Å². The number of hydrogen-bond donors (Lipinski definition) is 2. The van der Waals surface area contributed by atoms with E-state index < -0.39 is 38.3 Å². The van der Waals surface area contributed by atoms with Crippen LogP contribution < -0.4 is 15.2 Å². The molecule has 1 aromatic heterocycles. The average Bonchev–Trinajstić information content (AvgIpc) is 3.13. The molecule has 164 valence electrons. The number of carbonyl (C=O) groups is 1. The maximum Gasteiger partial charge on any atom is 0.434 e. The Bertz CT molecular complexity index is 1240. The zero-order valence-electron chi connectivity index (χ0n) is 16.3. The number of primary sulfonamides is 1. The molecule has 12 heteroatoms. The van der Waals surface area contributed by atoms with Gasteiger partial charge in [0.15, 0.2) is 5.69 Å². The summed E-state index contributed by atoms with van der Waals surface area (Å²) in [6.45, 7) is 1.78. The van der Waals surface area contributed by atoms with Crippen molar-refractivity contribution in [2.75, 3.05) is 12.4 Å². The molecule has 8 nitrogen and oxygen atoms in total. The number of carbonyl (C=O) groups excluding carboxylic acids is 1. The van der Waals surface area contributed by atoms with Gasteiger partial charge < -0.3 is 10.1 Å². The molecule has 0 unspecified atom stereocenters. The van der Waals surface area contributed by atoms with Crippen LogP contribution in [0, 0.1) is 6.92 Å². The van der Waals surface area contributed by atoms with Crippen molar-refractivity contribution in [1.82, 2.24) is 9.78 Å². The molecule has 0 bridgehead atoms. The summed E-state index contributed by atoms with van der Waals surface area (Å²) in [5, 5.41) is 11.1. The first-order valence-corrected chi connectivity index (χ1v) is 10.2. The molecular formula is C19H17F3N4O4S. The number of nitrogens with one attached hydrogen (secondary N) is 1. The van der Waals surface area contributed by atoms with Gasteiger partial charge in [-0.2, -0.15) is 18.3 Å². The van der Waals surface area contributed by atoms with E-state index in [1.54, 1.807) is 19.1 Å². The highest BCUT2D eigenvalue weighted by molar-refractivity contribution is 7.89. The van der Waals surface area contributed by atoms with E-state index in [1.165, 1.54) is 31.4 Å². The number of nitrogens with zero attached hydrogens (tertiary/aromatic N) is 2. The van der Waals surface area contributed by atoms with Crippen molar-refractivity contribution in [3.8, 4) is 11.4 Å². The highest BCUT2D eigenvalue weighted by atomic mass is 32.2. The van der Waals surface area contributed by atoms with Crippen LogP contribution in [-0.4, -0.2) is 31.2 Å². The van der Waals surface area contributed by atoms with Crippen LogP contribution in [0.5, 0.6) is 5.75 Å². The number of ether oxygens (including phenoxy) is 1. The second-order valence-electron chi connectivity index (χ2n) is 6.52. The summed E-state index contributed by atoms with van der Waals surface area (Å²) in [4.78, 5) is 12.2. The summed E-state index contributed by atoms with van der Waals surface area (Å²) in [7, 11) is -2.99. The molecular weight excluding hydrogens is 437 g/mol. The number of aryl methyl sites for hydroxylation is 1. The Balaban J connectivity index is 2.02. The molecule has 31 heavy (non-hydrogen) atoms. The van der Waals surface area contributed by atoms with Crippen molar-refractivity contribution >= 4 is 21.6 Å². The van der Waals surface area contributed by atoms with E-state index in [-0.39, 0.29) is 17.1 Å². The number of benzene rings is 2. The zero-order valence-corrected chi connectivity index (χ0v) is 17.1. The number of halogens is 3. The number of alkyl halides is 3. The van der Waals surface area contributed by atoms with Gasteiger partial charge in [-0.25, -0.2) is 18.2 Å². The van der Waals surface area contributed by atoms with Crippen LogP contribution in [0.15, 0.2) is 53.6 Å².